The second kappa shape index (κ2) is 8.64. The maximum Gasteiger partial charge on any atom is 0.231 e. The highest BCUT2D eigenvalue weighted by atomic mass is 35.5. The fraction of sp³-hybridized carbons (Fsp3) is 0.435. The third-order valence-electron chi connectivity index (χ3n) is 5.91. The van der Waals surface area contributed by atoms with Gasteiger partial charge in [0, 0.05) is 36.1 Å². The first-order valence-corrected chi connectivity index (χ1v) is 10.8. The summed E-state index contributed by atoms with van der Waals surface area (Å²) >= 11 is 5.92. The molecule has 1 aliphatic rings. The standard InChI is InChI=1S/C23H27ClN4O2/c1-14-15(2)30-23-20(14)21(26-16(3)27-23)28-12-9-18(10-13-28)22(29)25-11-8-17-4-6-19(24)7-5-17/h4-7,18H,8-13H2,1-3H3,(H,25,29). The van der Waals surface area contributed by atoms with Crippen LogP contribution in [0.1, 0.15) is 35.6 Å². The number of carbonyl (C=O) groups is 1. The monoisotopic (exact) mass is 426 g/mol. The average Bonchev–Trinajstić information content (AvgIpc) is 3.02. The van der Waals surface area contributed by atoms with E-state index in [0.29, 0.717) is 18.1 Å². The zero-order chi connectivity index (χ0) is 21.3. The summed E-state index contributed by atoms with van der Waals surface area (Å²) in [6.45, 7) is 8.12. The van der Waals surface area contributed by atoms with Crippen molar-refractivity contribution in [2.24, 2.45) is 5.92 Å². The number of amides is 1. The molecular weight excluding hydrogens is 400 g/mol. The van der Waals surface area contributed by atoms with Crippen molar-refractivity contribution in [2.45, 2.75) is 40.0 Å². The third-order valence-corrected chi connectivity index (χ3v) is 6.16. The van der Waals surface area contributed by atoms with Crippen molar-refractivity contribution in [1.82, 2.24) is 15.3 Å². The minimum atomic E-state index is 0.0390. The van der Waals surface area contributed by atoms with Gasteiger partial charge in [-0.05, 0) is 57.7 Å². The van der Waals surface area contributed by atoms with E-state index in [1.807, 2.05) is 45.0 Å². The lowest BCUT2D eigenvalue weighted by Crippen LogP contribution is -2.41. The Morgan fingerprint density at radius 2 is 1.87 bits per heavy atom. The van der Waals surface area contributed by atoms with Crippen molar-refractivity contribution >= 4 is 34.4 Å². The minimum absolute atomic E-state index is 0.0390. The first-order chi connectivity index (χ1) is 14.4. The topological polar surface area (TPSA) is 71.3 Å². The van der Waals surface area contributed by atoms with Crippen molar-refractivity contribution in [1.29, 1.82) is 0 Å². The Bertz CT molecular complexity index is 1050. The fourth-order valence-electron chi connectivity index (χ4n) is 4.04. The van der Waals surface area contributed by atoms with E-state index in [-0.39, 0.29) is 11.8 Å². The minimum Gasteiger partial charge on any atom is -0.443 e. The molecular formula is C23H27ClN4O2. The highest BCUT2D eigenvalue weighted by Gasteiger charge is 2.28. The first-order valence-electron chi connectivity index (χ1n) is 10.4. The molecule has 1 aliphatic heterocycles. The Kier molecular flexibility index (Phi) is 5.95. The van der Waals surface area contributed by atoms with Gasteiger partial charge in [0.2, 0.25) is 11.6 Å². The average molecular weight is 427 g/mol. The number of rotatable bonds is 5. The molecule has 4 rings (SSSR count). The van der Waals surface area contributed by atoms with Crippen LogP contribution < -0.4 is 10.2 Å². The van der Waals surface area contributed by atoms with Crippen LogP contribution in [0.2, 0.25) is 5.02 Å². The first kappa shape index (κ1) is 20.7. The van der Waals surface area contributed by atoms with Crippen LogP contribution in [0.15, 0.2) is 28.7 Å². The number of carbonyl (C=O) groups excluding carboxylic acids is 1. The normalized spacial score (nSPS) is 15.0. The molecule has 7 heteroatoms. The molecule has 1 N–H and O–H groups in total. The van der Waals surface area contributed by atoms with Crippen molar-refractivity contribution in [3.63, 3.8) is 0 Å². The number of fused-ring (bicyclic) bond motifs is 1. The fourth-order valence-corrected chi connectivity index (χ4v) is 4.17. The summed E-state index contributed by atoms with van der Waals surface area (Å²) in [7, 11) is 0. The predicted molar refractivity (Wildman–Crippen MR) is 119 cm³/mol. The van der Waals surface area contributed by atoms with Crippen LogP contribution in [-0.2, 0) is 11.2 Å². The van der Waals surface area contributed by atoms with E-state index in [1.165, 1.54) is 5.56 Å². The zero-order valence-electron chi connectivity index (χ0n) is 17.7. The molecule has 1 saturated heterocycles. The summed E-state index contributed by atoms with van der Waals surface area (Å²) in [5, 5.41) is 4.81. The van der Waals surface area contributed by atoms with Crippen LogP contribution in [0, 0.1) is 26.7 Å². The number of hydrogen-bond donors (Lipinski definition) is 1. The van der Waals surface area contributed by atoms with E-state index >= 15 is 0 Å². The highest BCUT2D eigenvalue weighted by molar-refractivity contribution is 6.30. The maximum absolute atomic E-state index is 12.6. The number of halogens is 1. The molecule has 30 heavy (non-hydrogen) atoms. The molecule has 0 atom stereocenters. The number of furan rings is 1. The molecule has 0 unspecified atom stereocenters. The molecule has 0 radical (unpaired) electrons. The SMILES string of the molecule is Cc1nc(N2CCC(C(=O)NCCc3ccc(Cl)cc3)CC2)c2c(C)c(C)oc2n1. The van der Waals surface area contributed by atoms with E-state index in [1.54, 1.807) is 0 Å². The molecule has 3 heterocycles. The van der Waals surface area contributed by atoms with Gasteiger partial charge in [0.15, 0.2) is 0 Å². The lowest BCUT2D eigenvalue weighted by atomic mass is 9.95. The van der Waals surface area contributed by atoms with Crippen LogP contribution in [-0.4, -0.2) is 35.5 Å². The Labute approximate surface area is 181 Å². The zero-order valence-corrected chi connectivity index (χ0v) is 18.4. The summed E-state index contributed by atoms with van der Waals surface area (Å²) in [4.78, 5) is 24.0. The number of aromatic nitrogens is 2. The van der Waals surface area contributed by atoms with Crippen molar-refractivity contribution < 1.29 is 9.21 Å². The summed E-state index contributed by atoms with van der Waals surface area (Å²) in [5.41, 5.74) is 2.90. The van der Waals surface area contributed by atoms with Gasteiger partial charge >= 0.3 is 0 Å². The Morgan fingerprint density at radius 1 is 1.17 bits per heavy atom. The van der Waals surface area contributed by atoms with Gasteiger partial charge in [0.25, 0.3) is 0 Å². The molecule has 6 nitrogen and oxygen atoms in total. The van der Waals surface area contributed by atoms with Gasteiger partial charge in [-0.25, -0.2) is 4.98 Å². The molecule has 2 aromatic heterocycles. The molecule has 0 saturated carbocycles. The van der Waals surface area contributed by atoms with E-state index in [9.17, 15) is 4.79 Å². The summed E-state index contributed by atoms with van der Waals surface area (Å²) in [5.74, 6) is 2.68. The van der Waals surface area contributed by atoms with E-state index in [0.717, 1.165) is 59.9 Å². The van der Waals surface area contributed by atoms with Crippen LogP contribution in [0.4, 0.5) is 5.82 Å². The van der Waals surface area contributed by atoms with Crippen LogP contribution in [0.5, 0.6) is 0 Å². The maximum atomic E-state index is 12.6. The van der Waals surface area contributed by atoms with E-state index in [2.05, 4.69) is 15.2 Å². The van der Waals surface area contributed by atoms with Gasteiger partial charge in [-0.15, -0.1) is 0 Å². The second-order valence-electron chi connectivity index (χ2n) is 7.99. The molecule has 0 aliphatic carbocycles. The van der Waals surface area contributed by atoms with Crippen molar-refractivity contribution in [3.8, 4) is 0 Å². The molecule has 1 fully saturated rings. The largest absolute Gasteiger partial charge is 0.443 e. The van der Waals surface area contributed by atoms with Gasteiger partial charge < -0.3 is 14.6 Å². The molecule has 0 bridgehead atoms. The van der Waals surface area contributed by atoms with Gasteiger partial charge in [-0.3, -0.25) is 4.79 Å². The van der Waals surface area contributed by atoms with Crippen molar-refractivity contribution in [3.05, 3.63) is 52.0 Å². The number of nitrogens with one attached hydrogen (secondary N) is 1. The summed E-state index contributed by atoms with van der Waals surface area (Å²) in [6.07, 6.45) is 2.43. The molecule has 1 aromatic carbocycles. The number of anilines is 1. The van der Waals surface area contributed by atoms with Crippen molar-refractivity contribution in [2.75, 3.05) is 24.5 Å². The number of benzene rings is 1. The van der Waals surface area contributed by atoms with E-state index < -0.39 is 0 Å². The Morgan fingerprint density at radius 3 is 2.57 bits per heavy atom. The molecule has 158 valence electrons. The summed E-state index contributed by atoms with van der Waals surface area (Å²) in [6, 6.07) is 7.75. The smallest absolute Gasteiger partial charge is 0.231 e. The highest BCUT2D eigenvalue weighted by Crippen LogP contribution is 2.33. The summed E-state index contributed by atoms with van der Waals surface area (Å²) < 4.78 is 5.81. The van der Waals surface area contributed by atoms with Gasteiger partial charge in [-0.2, -0.15) is 4.98 Å². The van der Waals surface area contributed by atoms with Gasteiger partial charge in [-0.1, -0.05) is 23.7 Å². The molecule has 3 aromatic rings. The number of nitrogens with zero attached hydrogens (tertiary/aromatic N) is 3. The second-order valence-corrected chi connectivity index (χ2v) is 8.42. The molecule has 1 amide bonds. The number of piperidine rings is 1. The van der Waals surface area contributed by atoms with E-state index in [4.69, 9.17) is 21.0 Å². The number of hydrogen-bond acceptors (Lipinski definition) is 5. The van der Waals surface area contributed by atoms with Gasteiger partial charge in [0.1, 0.15) is 17.4 Å². The van der Waals surface area contributed by atoms with Crippen LogP contribution in [0.3, 0.4) is 0 Å². The molecule has 0 spiro atoms. The lowest BCUT2D eigenvalue weighted by molar-refractivity contribution is -0.125. The quantitative estimate of drug-likeness (QED) is 0.655. The Hall–Kier alpha value is -2.60. The van der Waals surface area contributed by atoms with Gasteiger partial charge in [0.05, 0.1) is 5.39 Å². The van der Waals surface area contributed by atoms with Crippen LogP contribution in [0.25, 0.3) is 11.1 Å². The lowest BCUT2D eigenvalue weighted by Gasteiger charge is -2.32. The number of aryl methyl sites for hydroxylation is 3. The predicted octanol–water partition coefficient (Wildman–Crippen LogP) is 4.38. The van der Waals surface area contributed by atoms with Crippen LogP contribution >= 0.6 is 11.6 Å². The third kappa shape index (κ3) is 4.29. The Balaban J connectivity index is 1.35.